The third kappa shape index (κ3) is 2.49. The molecule has 4 nitrogen and oxygen atoms in total. The quantitative estimate of drug-likeness (QED) is 0.856. The highest BCUT2D eigenvalue weighted by Gasteiger charge is 2.09. The summed E-state index contributed by atoms with van der Waals surface area (Å²) in [5, 5.41) is 4.35. The third-order valence-electron chi connectivity index (χ3n) is 2.16. The Morgan fingerprint density at radius 1 is 1.31 bits per heavy atom. The molecule has 3 N–H and O–H groups in total. The van der Waals surface area contributed by atoms with Crippen molar-refractivity contribution in [1.29, 1.82) is 0 Å². The lowest BCUT2D eigenvalue weighted by Gasteiger charge is -2.11. The maximum Gasteiger partial charge on any atom is 0.126 e. The van der Waals surface area contributed by atoms with Crippen LogP contribution in [0.25, 0.3) is 0 Å². The summed E-state index contributed by atoms with van der Waals surface area (Å²) in [4.78, 5) is 9.74. The van der Waals surface area contributed by atoms with Gasteiger partial charge in [0.05, 0.1) is 17.9 Å². The van der Waals surface area contributed by atoms with Crippen molar-refractivity contribution >= 4 is 22.8 Å². The van der Waals surface area contributed by atoms with Crippen LogP contribution in [0, 0.1) is 6.92 Å². The van der Waals surface area contributed by atoms with E-state index in [0.29, 0.717) is 5.69 Å². The number of hydrogen-bond acceptors (Lipinski definition) is 5. The summed E-state index contributed by atoms with van der Waals surface area (Å²) in [6.45, 7) is 4.12. The highest BCUT2D eigenvalue weighted by molar-refractivity contribution is 7.11. The Morgan fingerprint density at radius 2 is 2.12 bits per heavy atom. The Balaban J connectivity index is 2.07. The smallest absolute Gasteiger partial charge is 0.126 e. The zero-order valence-electron chi connectivity index (χ0n) is 9.27. The largest absolute Gasteiger partial charge is 0.397 e. The molecule has 0 radical (unpaired) electrons. The lowest BCUT2D eigenvalue weighted by molar-refractivity contribution is 0.861. The molecule has 2 rings (SSSR count). The molecule has 0 aliphatic carbocycles. The SMILES string of the molecule is Cc1cnc(C(C)Nc2ccc(N)cn2)s1. The van der Waals surface area contributed by atoms with Gasteiger partial charge >= 0.3 is 0 Å². The summed E-state index contributed by atoms with van der Waals surface area (Å²) in [7, 11) is 0. The first-order valence-corrected chi connectivity index (χ1v) is 5.87. The van der Waals surface area contributed by atoms with Crippen LogP contribution in [-0.2, 0) is 0 Å². The van der Waals surface area contributed by atoms with Crippen molar-refractivity contribution in [3.05, 3.63) is 34.4 Å². The Hall–Kier alpha value is -1.62. The van der Waals surface area contributed by atoms with Crippen LogP contribution in [0.3, 0.4) is 0 Å². The van der Waals surface area contributed by atoms with Crippen LogP contribution in [0.5, 0.6) is 0 Å². The van der Waals surface area contributed by atoms with Gasteiger partial charge in [0, 0.05) is 11.1 Å². The molecule has 2 aromatic heterocycles. The number of nitrogens with one attached hydrogen (secondary N) is 1. The van der Waals surface area contributed by atoms with E-state index in [0.717, 1.165) is 10.8 Å². The molecule has 0 aromatic carbocycles. The number of aromatic nitrogens is 2. The topological polar surface area (TPSA) is 63.8 Å². The zero-order valence-corrected chi connectivity index (χ0v) is 10.1. The van der Waals surface area contributed by atoms with E-state index in [9.17, 15) is 0 Å². The van der Waals surface area contributed by atoms with E-state index in [-0.39, 0.29) is 6.04 Å². The van der Waals surface area contributed by atoms with Gasteiger partial charge < -0.3 is 11.1 Å². The highest BCUT2D eigenvalue weighted by atomic mass is 32.1. The molecule has 84 valence electrons. The van der Waals surface area contributed by atoms with Gasteiger partial charge in [-0.15, -0.1) is 11.3 Å². The maximum atomic E-state index is 5.57. The number of nitrogen functional groups attached to an aromatic ring is 1. The average molecular weight is 234 g/mol. The summed E-state index contributed by atoms with van der Waals surface area (Å²) in [6, 6.07) is 3.86. The van der Waals surface area contributed by atoms with Gasteiger partial charge in [-0.25, -0.2) is 9.97 Å². The minimum atomic E-state index is 0.162. The normalized spacial score (nSPS) is 12.4. The fraction of sp³-hybridized carbons (Fsp3) is 0.273. The number of aryl methyl sites for hydroxylation is 1. The molecule has 5 heteroatoms. The van der Waals surface area contributed by atoms with Gasteiger partial charge in [0.2, 0.25) is 0 Å². The number of thiazole rings is 1. The summed E-state index contributed by atoms with van der Waals surface area (Å²) >= 11 is 1.69. The Morgan fingerprint density at radius 3 is 2.69 bits per heavy atom. The van der Waals surface area contributed by atoms with Gasteiger partial charge in [-0.1, -0.05) is 0 Å². The molecule has 2 aromatic rings. The van der Waals surface area contributed by atoms with Gasteiger partial charge in [-0.05, 0) is 26.0 Å². The Kier molecular flexibility index (Phi) is 3.05. The van der Waals surface area contributed by atoms with Crippen LogP contribution in [-0.4, -0.2) is 9.97 Å². The van der Waals surface area contributed by atoms with E-state index in [1.54, 1.807) is 17.5 Å². The van der Waals surface area contributed by atoms with Crippen LogP contribution < -0.4 is 11.1 Å². The second-order valence-electron chi connectivity index (χ2n) is 3.65. The molecule has 0 spiro atoms. The highest BCUT2D eigenvalue weighted by Crippen LogP contribution is 2.22. The van der Waals surface area contributed by atoms with Crippen molar-refractivity contribution in [3.63, 3.8) is 0 Å². The van der Waals surface area contributed by atoms with Crippen LogP contribution in [0.15, 0.2) is 24.5 Å². The predicted molar refractivity (Wildman–Crippen MR) is 67.5 cm³/mol. The van der Waals surface area contributed by atoms with Crippen LogP contribution in [0.4, 0.5) is 11.5 Å². The molecule has 0 aliphatic rings. The van der Waals surface area contributed by atoms with E-state index in [1.165, 1.54) is 4.88 Å². The number of nitrogens with zero attached hydrogens (tertiary/aromatic N) is 2. The minimum absolute atomic E-state index is 0.162. The fourth-order valence-electron chi connectivity index (χ4n) is 1.35. The number of nitrogens with two attached hydrogens (primary N) is 1. The average Bonchev–Trinajstić information content (AvgIpc) is 2.68. The van der Waals surface area contributed by atoms with Crippen molar-refractivity contribution in [2.75, 3.05) is 11.1 Å². The lowest BCUT2D eigenvalue weighted by atomic mass is 10.3. The second kappa shape index (κ2) is 4.49. The minimum Gasteiger partial charge on any atom is -0.397 e. The number of anilines is 2. The second-order valence-corrected chi connectivity index (χ2v) is 4.92. The summed E-state index contributed by atoms with van der Waals surface area (Å²) in [5.74, 6) is 0.814. The van der Waals surface area contributed by atoms with Crippen molar-refractivity contribution in [1.82, 2.24) is 9.97 Å². The van der Waals surface area contributed by atoms with E-state index in [4.69, 9.17) is 5.73 Å². The van der Waals surface area contributed by atoms with Crippen molar-refractivity contribution < 1.29 is 0 Å². The van der Waals surface area contributed by atoms with Crippen molar-refractivity contribution in [2.45, 2.75) is 19.9 Å². The van der Waals surface area contributed by atoms with Crippen LogP contribution >= 0.6 is 11.3 Å². The van der Waals surface area contributed by atoms with E-state index in [2.05, 4.69) is 29.1 Å². The van der Waals surface area contributed by atoms with E-state index >= 15 is 0 Å². The zero-order chi connectivity index (χ0) is 11.5. The lowest BCUT2D eigenvalue weighted by Crippen LogP contribution is -2.07. The molecule has 16 heavy (non-hydrogen) atoms. The molecule has 2 heterocycles. The Bertz CT molecular complexity index is 463. The summed E-state index contributed by atoms with van der Waals surface area (Å²) in [5.41, 5.74) is 6.24. The molecule has 1 atom stereocenters. The van der Waals surface area contributed by atoms with Crippen LogP contribution in [0.1, 0.15) is 22.9 Å². The number of hydrogen-bond donors (Lipinski definition) is 2. The van der Waals surface area contributed by atoms with Gasteiger partial charge in [-0.3, -0.25) is 0 Å². The first kappa shape index (κ1) is 10.9. The maximum absolute atomic E-state index is 5.57. The Labute approximate surface area is 98.6 Å². The van der Waals surface area contributed by atoms with Gasteiger partial charge in [-0.2, -0.15) is 0 Å². The monoisotopic (exact) mass is 234 g/mol. The molecule has 0 amide bonds. The molecule has 0 fully saturated rings. The van der Waals surface area contributed by atoms with Crippen LogP contribution in [0.2, 0.25) is 0 Å². The molecule has 0 saturated carbocycles. The summed E-state index contributed by atoms with van der Waals surface area (Å²) in [6.07, 6.45) is 3.52. The molecule has 0 saturated heterocycles. The van der Waals surface area contributed by atoms with E-state index < -0.39 is 0 Å². The van der Waals surface area contributed by atoms with Crippen molar-refractivity contribution in [2.24, 2.45) is 0 Å². The molecule has 0 bridgehead atoms. The standard InChI is InChI=1S/C11H14N4S/c1-7-5-14-11(16-7)8(2)15-10-4-3-9(12)6-13-10/h3-6,8H,12H2,1-2H3,(H,13,15). The molecule has 0 aliphatic heterocycles. The summed E-state index contributed by atoms with van der Waals surface area (Å²) < 4.78 is 0. The molecular weight excluding hydrogens is 220 g/mol. The van der Waals surface area contributed by atoms with Gasteiger partial charge in [0.15, 0.2) is 0 Å². The third-order valence-corrected chi connectivity index (χ3v) is 3.26. The molecule has 1 unspecified atom stereocenters. The fourth-order valence-corrected chi connectivity index (χ4v) is 2.12. The van der Waals surface area contributed by atoms with Gasteiger partial charge in [0.1, 0.15) is 10.8 Å². The first-order chi connectivity index (χ1) is 7.65. The number of pyridine rings is 1. The predicted octanol–water partition coefficient (Wildman–Crippen LogP) is 2.60. The first-order valence-electron chi connectivity index (χ1n) is 5.05. The molecular formula is C11H14N4S. The number of rotatable bonds is 3. The van der Waals surface area contributed by atoms with E-state index in [1.807, 2.05) is 18.3 Å². The van der Waals surface area contributed by atoms with Gasteiger partial charge in [0.25, 0.3) is 0 Å². The van der Waals surface area contributed by atoms with Crippen molar-refractivity contribution in [3.8, 4) is 0 Å².